The van der Waals surface area contributed by atoms with Crippen LogP contribution < -0.4 is 0 Å². The van der Waals surface area contributed by atoms with Gasteiger partial charge in [-0.3, -0.25) is 0 Å². The van der Waals surface area contributed by atoms with E-state index in [-0.39, 0.29) is 0 Å². The summed E-state index contributed by atoms with van der Waals surface area (Å²) in [4.78, 5) is 0. The van der Waals surface area contributed by atoms with Crippen molar-refractivity contribution in [3.05, 3.63) is 51.9 Å². The third-order valence-corrected chi connectivity index (χ3v) is 6.59. The Bertz CT molecular complexity index is 681. The van der Waals surface area contributed by atoms with Gasteiger partial charge >= 0.3 is 0 Å². The number of sulfonamides is 1. The van der Waals surface area contributed by atoms with Crippen molar-refractivity contribution in [2.24, 2.45) is 0 Å². The molecule has 0 radical (unpaired) electrons. The van der Waals surface area contributed by atoms with Crippen LogP contribution in [0.4, 0.5) is 0 Å². The van der Waals surface area contributed by atoms with E-state index in [1.54, 1.807) is 30.6 Å². The molecule has 0 aliphatic rings. The van der Waals surface area contributed by atoms with Crippen LogP contribution in [0, 0.1) is 0 Å². The highest BCUT2D eigenvalue weighted by atomic mass is 35.5. The summed E-state index contributed by atoms with van der Waals surface area (Å²) >= 11 is 12.7. The van der Waals surface area contributed by atoms with Crippen molar-refractivity contribution in [2.45, 2.75) is 16.6 Å². The monoisotopic (exact) mass is 349 g/mol. The Labute approximate surface area is 132 Å². The molecule has 1 aromatic carbocycles. The molecule has 0 aliphatic carbocycles. The van der Waals surface area contributed by atoms with E-state index in [2.05, 4.69) is 0 Å². The molecule has 7 heteroatoms. The minimum atomic E-state index is -3.48. The molecular weight excluding hydrogens is 337 g/mol. The summed E-state index contributed by atoms with van der Waals surface area (Å²) in [7, 11) is -1.92. The predicted octanol–water partition coefficient (Wildman–Crippen LogP) is 3.96. The van der Waals surface area contributed by atoms with Crippen LogP contribution in [0.2, 0.25) is 5.02 Å². The van der Waals surface area contributed by atoms with Gasteiger partial charge in [0, 0.05) is 24.5 Å². The molecule has 0 fully saturated rings. The lowest BCUT2D eigenvalue weighted by molar-refractivity contribution is 0.468. The molecule has 0 saturated carbocycles. The Hall–Kier alpha value is -0.590. The summed E-state index contributed by atoms with van der Waals surface area (Å²) in [5.41, 5.74) is 1.70. The summed E-state index contributed by atoms with van der Waals surface area (Å²) in [6.07, 6.45) is 0. The number of hydrogen-bond acceptors (Lipinski definition) is 3. The summed E-state index contributed by atoms with van der Waals surface area (Å²) in [6.45, 7) is 0.299. The zero-order valence-electron chi connectivity index (χ0n) is 10.7. The SMILES string of the molecule is CN(Cc1ccc(Cl)cc1)S(=O)(=O)c1cc(CCl)cs1. The summed E-state index contributed by atoms with van der Waals surface area (Å²) < 4.78 is 26.4. The standard InChI is InChI=1S/C13H13Cl2NO2S2/c1-16(8-10-2-4-12(15)5-3-10)20(17,18)13-6-11(7-14)9-19-13/h2-6,9H,7-8H2,1H3. The van der Waals surface area contributed by atoms with Gasteiger partial charge in [-0.1, -0.05) is 23.7 Å². The molecule has 1 aromatic heterocycles. The van der Waals surface area contributed by atoms with Gasteiger partial charge in [-0.05, 0) is 34.7 Å². The number of benzene rings is 1. The van der Waals surface area contributed by atoms with E-state index in [0.717, 1.165) is 11.1 Å². The van der Waals surface area contributed by atoms with E-state index in [9.17, 15) is 8.42 Å². The molecule has 0 N–H and O–H groups in total. The second kappa shape index (κ2) is 6.45. The summed E-state index contributed by atoms with van der Waals surface area (Å²) in [6, 6.07) is 8.73. The van der Waals surface area contributed by atoms with Crippen molar-refractivity contribution in [3.63, 3.8) is 0 Å². The van der Waals surface area contributed by atoms with Gasteiger partial charge in [-0.2, -0.15) is 4.31 Å². The van der Waals surface area contributed by atoms with Crippen LogP contribution in [0.25, 0.3) is 0 Å². The topological polar surface area (TPSA) is 37.4 Å². The minimum absolute atomic E-state index is 0.299. The Morgan fingerprint density at radius 1 is 1.20 bits per heavy atom. The van der Waals surface area contributed by atoms with Gasteiger partial charge in [0.1, 0.15) is 4.21 Å². The van der Waals surface area contributed by atoms with E-state index in [1.165, 1.54) is 15.6 Å². The molecule has 3 nitrogen and oxygen atoms in total. The number of halogens is 2. The normalized spacial score (nSPS) is 12.0. The molecule has 0 bridgehead atoms. The average molecular weight is 350 g/mol. The van der Waals surface area contributed by atoms with Crippen LogP contribution >= 0.6 is 34.5 Å². The first-order valence-corrected chi connectivity index (χ1v) is 9.01. The highest BCUT2D eigenvalue weighted by Gasteiger charge is 2.22. The van der Waals surface area contributed by atoms with Crippen LogP contribution in [0.1, 0.15) is 11.1 Å². The fourth-order valence-electron chi connectivity index (χ4n) is 1.64. The number of hydrogen-bond donors (Lipinski definition) is 0. The second-order valence-electron chi connectivity index (χ2n) is 4.30. The van der Waals surface area contributed by atoms with E-state index in [0.29, 0.717) is 21.7 Å². The Kier molecular flexibility index (Phi) is 5.09. The zero-order valence-corrected chi connectivity index (χ0v) is 13.9. The minimum Gasteiger partial charge on any atom is -0.206 e. The van der Waals surface area contributed by atoms with Gasteiger partial charge in [0.05, 0.1) is 0 Å². The predicted molar refractivity (Wildman–Crippen MR) is 84.0 cm³/mol. The maximum Gasteiger partial charge on any atom is 0.252 e. The first-order valence-electron chi connectivity index (χ1n) is 5.77. The molecule has 0 saturated heterocycles. The van der Waals surface area contributed by atoms with E-state index < -0.39 is 10.0 Å². The van der Waals surface area contributed by atoms with Gasteiger partial charge in [0.25, 0.3) is 10.0 Å². The molecule has 0 unspecified atom stereocenters. The van der Waals surface area contributed by atoms with E-state index in [1.807, 2.05) is 12.1 Å². The van der Waals surface area contributed by atoms with Crippen molar-refractivity contribution in [1.82, 2.24) is 4.31 Å². The van der Waals surface area contributed by atoms with Gasteiger partial charge in [0.15, 0.2) is 0 Å². The lowest BCUT2D eigenvalue weighted by Crippen LogP contribution is -2.25. The third-order valence-electron chi connectivity index (χ3n) is 2.77. The van der Waals surface area contributed by atoms with Gasteiger partial charge < -0.3 is 0 Å². The van der Waals surface area contributed by atoms with E-state index >= 15 is 0 Å². The van der Waals surface area contributed by atoms with Crippen LogP contribution in [0.15, 0.2) is 39.9 Å². The molecule has 0 spiro atoms. The smallest absolute Gasteiger partial charge is 0.206 e. The number of alkyl halides is 1. The fraction of sp³-hybridized carbons (Fsp3) is 0.231. The van der Waals surface area contributed by atoms with Gasteiger partial charge in [0.2, 0.25) is 0 Å². The first kappa shape index (κ1) is 15.8. The van der Waals surface area contributed by atoms with Gasteiger partial charge in [-0.15, -0.1) is 22.9 Å². The molecule has 108 valence electrons. The van der Waals surface area contributed by atoms with Crippen LogP contribution in [-0.2, 0) is 22.4 Å². The summed E-state index contributed by atoms with van der Waals surface area (Å²) in [5, 5.41) is 2.39. The Balaban J connectivity index is 2.18. The van der Waals surface area contributed by atoms with Crippen LogP contribution in [0.5, 0.6) is 0 Å². The molecule has 2 aromatic rings. The lowest BCUT2D eigenvalue weighted by atomic mass is 10.2. The van der Waals surface area contributed by atoms with Crippen molar-refractivity contribution >= 4 is 44.6 Å². The summed E-state index contributed by atoms with van der Waals surface area (Å²) in [5.74, 6) is 0.312. The van der Waals surface area contributed by atoms with E-state index in [4.69, 9.17) is 23.2 Å². The lowest BCUT2D eigenvalue weighted by Gasteiger charge is -2.16. The highest BCUT2D eigenvalue weighted by Crippen LogP contribution is 2.25. The quantitative estimate of drug-likeness (QED) is 0.766. The van der Waals surface area contributed by atoms with Crippen LogP contribution in [-0.4, -0.2) is 19.8 Å². The number of thiophene rings is 1. The van der Waals surface area contributed by atoms with Crippen molar-refractivity contribution in [3.8, 4) is 0 Å². The molecule has 0 atom stereocenters. The maximum atomic E-state index is 12.4. The van der Waals surface area contributed by atoms with Crippen molar-refractivity contribution in [2.75, 3.05) is 7.05 Å². The Morgan fingerprint density at radius 2 is 1.85 bits per heavy atom. The van der Waals surface area contributed by atoms with Crippen molar-refractivity contribution in [1.29, 1.82) is 0 Å². The van der Waals surface area contributed by atoms with Gasteiger partial charge in [-0.25, -0.2) is 8.42 Å². The molecule has 0 aliphatic heterocycles. The second-order valence-corrected chi connectivity index (χ2v) is 8.18. The Morgan fingerprint density at radius 3 is 2.40 bits per heavy atom. The first-order chi connectivity index (χ1) is 9.43. The number of rotatable bonds is 5. The van der Waals surface area contributed by atoms with Crippen LogP contribution in [0.3, 0.4) is 0 Å². The molecule has 2 rings (SSSR count). The molecule has 0 amide bonds. The number of nitrogens with zero attached hydrogens (tertiary/aromatic N) is 1. The fourth-order valence-corrected chi connectivity index (χ4v) is 4.59. The average Bonchev–Trinajstić information content (AvgIpc) is 2.90. The highest BCUT2D eigenvalue weighted by molar-refractivity contribution is 7.91. The zero-order chi connectivity index (χ0) is 14.8. The largest absolute Gasteiger partial charge is 0.252 e. The third kappa shape index (κ3) is 3.54. The molecule has 1 heterocycles. The maximum absolute atomic E-state index is 12.4. The molecule has 20 heavy (non-hydrogen) atoms. The van der Waals surface area contributed by atoms with Crippen molar-refractivity contribution < 1.29 is 8.42 Å². The molecular formula is C13H13Cl2NO2S2.